The maximum absolute atomic E-state index is 12.3. The average molecular weight is 285 g/mol. The molecule has 0 unspecified atom stereocenters. The summed E-state index contributed by atoms with van der Waals surface area (Å²) in [5.74, 6) is -0.149. The van der Waals surface area contributed by atoms with Gasteiger partial charge >= 0.3 is 0 Å². The predicted octanol–water partition coefficient (Wildman–Crippen LogP) is 1.65. The first-order chi connectivity index (χ1) is 9.84. The topological polar surface area (TPSA) is 72.7 Å². The molecular weight excluding hydrogens is 274 g/mol. The molecule has 0 aliphatic carbocycles. The Hall–Kier alpha value is -2.54. The van der Waals surface area contributed by atoms with E-state index in [1.165, 1.54) is 11.3 Å². The molecule has 0 saturated carbocycles. The minimum atomic E-state index is -0.149. The van der Waals surface area contributed by atoms with Crippen LogP contribution in [0.15, 0.2) is 48.5 Å². The fourth-order valence-electron chi connectivity index (χ4n) is 1.81. The third-order valence-electron chi connectivity index (χ3n) is 2.73. The molecule has 0 fully saturated rings. The van der Waals surface area contributed by atoms with E-state index in [2.05, 4.69) is 20.5 Å². The van der Waals surface area contributed by atoms with Crippen LogP contribution >= 0.6 is 11.3 Å². The molecule has 0 radical (unpaired) electrons. The van der Waals surface area contributed by atoms with Crippen LogP contribution in [0.5, 0.6) is 0 Å². The lowest BCUT2D eigenvalue weighted by atomic mass is 10.1. The highest BCUT2D eigenvalue weighted by Crippen LogP contribution is 2.14. The van der Waals surface area contributed by atoms with Gasteiger partial charge in [0.25, 0.3) is 5.91 Å². The van der Waals surface area contributed by atoms with E-state index in [1.54, 1.807) is 29.5 Å². The molecule has 6 nitrogen and oxygen atoms in total. The van der Waals surface area contributed by atoms with Gasteiger partial charge in [-0.3, -0.25) is 9.36 Å². The van der Waals surface area contributed by atoms with Crippen LogP contribution in [0.3, 0.4) is 0 Å². The zero-order valence-electron chi connectivity index (χ0n) is 10.4. The predicted molar refractivity (Wildman–Crippen MR) is 74.6 cm³/mol. The van der Waals surface area contributed by atoms with E-state index in [-0.39, 0.29) is 5.91 Å². The van der Waals surface area contributed by atoms with Crippen molar-refractivity contribution in [3.05, 3.63) is 59.1 Å². The number of hydrogen-bond acceptors (Lipinski definition) is 5. The van der Waals surface area contributed by atoms with Gasteiger partial charge in [-0.2, -0.15) is 0 Å². The molecule has 2 heterocycles. The van der Waals surface area contributed by atoms with Crippen molar-refractivity contribution in [2.45, 2.75) is 6.54 Å². The largest absolute Gasteiger partial charge is 0.345 e. The number of carbonyl (C=O) groups is 1. The summed E-state index contributed by atoms with van der Waals surface area (Å²) in [6.45, 7) is 0.424. The van der Waals surface area contributed by atoms with Crippen molar-refractivity contribution in [3.63, 3.8) is 0 Å². The highest BCUT2D eigenvalue weighted by molar-refractivity contribution is 7.09. The van der Waals surface area contributed by atoms with Gasteiger partial charge in [0.05, 0.1) is 17.8 Å². The second kappa shape index (κ2) is 5.62. The summed E-state index contributed by atoms with van der Waals surface area (Å²) >= 11 is 1.51. The summed E-state index contributed by atoms with van der Waals surface area (Å²) in [5, 5.41) is 13.1. The number of nitrogens with one attached hydrogen (secondary N) is 1. The number of para-hydroxylation sites is 1. The highest BCUT2D eigenvalue weighted by atomic mass is 32.1. The van der Waals surface area contributed by atoms with Crippen LogP contribution in [-0.4, -0.2) is 25.7 Å². The second-order valence-electron chi connectivity index (χ2n) is 3.99. The van der Waals surface area contributed by atoms with Gasteiger partial charge in [-0.1, -0.05) is 12.1 Å². The van der Waals surface area contributed by atoms with Gasteiger partial charge in [0.15, 0.2) is 0 Å². The van der Waals surface area contributed by atoms with Gasteiger partial charge in [0.2, 0.25) is 0 Å². The molecule has 0 spiro atoms. The molecule has 100 valence electrons. The van der Waals surface area contributed by atoms with Crippen molar-refractivity contribution in [1.82, 2.24) is 25.1 Å². The lowest BCUT2D eigenvalue weighted by Crippen LogP contribution is -2.24. The van der Waals surface area contributed by atoms with Crippen molar-refractivity contribution in [1.29, 1.82) is 0 Å². The first-order valence-corrected chi connectivity index (χ1v) is 6.83. The number of rotatable bonds is 4. The minimum Gasteiger partial charge on any atom is -0.345 e. The van der Waals surface area contributed by atoms with Crippen LogP contribution in [0.25, 0.3) is 5.69 Å². The Morgan fingerprint density at radius 2 is 2.05 bits per heavy atom. The summed E-state index contributed by atoms with van der Waals surface area (Å²) in [4.78, 5) is 16.4. The molecule has 1 aromatic carbocycles. The van der Waals surface area contributed by atoms with Gasteiger partial charge < -0.3 is 5.32 Å². The number of nitrogens with zero attached hydrogens (tertiary/aromatic N) is 4. The van der Waals surface area contributed by atoms with E-state index in [0.717, 1.165) is 10.7 Å². The van der Waals surface area contributed by atoms with Crippen LogP contribution in [0.4, 0.5) is 0 Å². The Bertz CT molecular complexity index is 693. The van der Waals surface area contributed by atoms with Crippen molar-refractivity contribution in [2.75, 3.05) is 0 Å². The summed E-state index contributed by atoms with van der Waals surface area (Å²) in [7, 11) is 0. The van der Waals surface area contributed by atoms with Crippen molar-refractivity contribution >= 4 is 17.2 Å². The first-order valence-electron chi connectivity index (χ1n) is 5.95. The average Bonchev–Trinajstić information content (AvgIpc) is 3.18. The molecule has 1 N–H and O–H groups in total. The fraction of sp³-hybridized carbons (Fsp3) is 0.0769. The Kier molecular flexibility index (Phi) is 3.51. The van der Waals surface area contributed by atoms with E-state index < -0.39 is 0 Å². The van der Waals surface area contributed by atoms with E-state index in [0.29, 0.717) is 12.1 Å². The molecule has 3 aromatic rings. The Labute approximate surface area is 119 Å². The Morgan fingerprint density at radius 1 is 1.25 bits per heavy atom. The van der Waals surface area contributed by atoms with Crippen LogP contribution < -0.4 is 5.32 Å². The van der Waals surface area contributed by atoms with E-state index in [1.807, 2.05) is 23.6 Å². The number of thiazole rings is 1. The van der Waals surface area contributed by atoms with Crippen molar-refractivity contribution in [3.8, 4) is 5.69 Å². The van der Waals surface area contributed by atoms with Crippen LogP contribution in [0.1, 0.15) is 15.4 Å². The standard InChI is InChI=1S/C13H11N5OS/c19-13(15-7-12-14-5-6-20-12)10-3-1-2-4-11(10)18-8-16-17-9-18/h1-6,8-9H,7H2,(H,15,19). The van der Waals surface area contributed by atoms with Crippen molar-refractivity contribution < 1.29 is 4.79 Å². The minimum absolute atomic E-state index is 0.149. The second-order valence-corrected chi connectivity index (χ2v) is 4.97. The molecule has 0 bridgehead atoms. The molecule has 7 heteroatoms. The van der Waals surface area contributed by atoms with Gasteiger partial charge in [0, 0.05) is 11.6 Å². The number of hydrogen-bond donors (Lipinski definition) is 1. The quantitative estimate of drug-likeness (QED) is 0.791. The highest BCUT2D eigenvalue weighted by Gasteiger charge is 2.12. The van der Waals surface area contributed by atoms with Crippen molar-refractivity contribution in [2.24, 2.45) is 0 Å². The Morgan fingerprint density at radius 3 is 2.80 bits per heavy atom. The zero-order chi connectivity index (χ0) is 13.8. The molecule has 0 atom stereocenters. The van der Waals surface area contributed by atoms with E-state index in [9.17, 15) is 4.79 Å². The summed E-state index contributed by atoms with van der Waals surface area (Å²) < 4.78 is 1.71. The van der Waals surface area contributed by atoms with Gasteiger partial charge in [-0.25, -0.2) is 4.98 Å². The lowest BCUT2D eigenvalue weighted by molar-refractivity contribution is 0.0951. The monoisotopic (exact) mass is 285 g/mol. The first kappa shape index (κ1) is 12.5. The summed E-state index contributed by atoms with van der Waals surface area (Å²) in [6.07, 6.45) is 4.84. The molecule has 1 amide bonds. The van der Waals surface area contributed by atoms with E-state index in [4.69, 9.17) is 0 Å². The van der Waals surface area contributed by atoms with Crippen LogP contribution in [-0.2, 0) is 6.54 Å². The van der Waals surface area contributed by atoms with Gasteiger partial charge in [-0.15, -0.1) is 21.5 Å². The molecule has 0 aliphatic rings. The van der Waals surface area contributed by atoms with Gasteiger partial charge in [-0.05, 0) is 12.1 Å². The maximum Gasteiger partial charge on any atom is 0.253 e. The summed E-state index contributed by atoms with van der Waals surface area (Å²) in [6, 6.07) is 7.31. The molecule has 20 heavy (non-hydrogen) atoms. The van der Waals surface area contributed by atoms with Gasteiger partial charge in [0.1, 0.15) is 17.7 Å². The number of benzene rings is 1. The number of aromatic nitrogens is 4. The zero-order valence-corrected chi connectivity index (χ0v) is 11.2. The molecule has 0 saturated heterocycles. The SMILES string of the molecule is O=C(NCc1nccs1)c1ccccc1-n1cnnc1. The third kappa shape index (κ3) is 2.57. The molecule has 2 aromatic heterocycles. The molecular formula is C13H11N5OS. The number of amides is 1. The molecule has 0 aliphatic heterocycles. The third-order valence-corrected chi connectivity index (χ3v) is 3.51. The number of carbonyl (C=O) groups excluding carboxylic acids is 1. The fourth-order valence-corrected chi connectivity index (χ4v) is 2.36. The normalized spacial score (nSPS) is 10.4. The van der Waals surface area contributed by atoms with E-state index >= 15 is 0 Å². The van der Waals surface area contributed by atoms with Crippen LogP contribution in [0.2, 0.25) is 0 Å². The van der Waals surface area contributed by atoms with Crippen LogP contribution in [0, 0.1) is 0 Å². The smallest absolute Gasteiger partial charge is 0.253 e. The maximum atomic E-state index is 12.3. The summed E-state index contributed by atoms with van der Waals surface area (Å²) in [5.41, 5.74) is 1.32. The Balaban J connectivity index is 1.81. The molecule has 3 rings (SSSR count). The lowest BCUT2D eigenvalue weighted by Gasteiger charge is -2.09.